The van der Waals surface area contributed by atoms with E-state index in [4.69, 9.17) is 17.0 Å². The average Bonchev–Trinajstić information content (AvgIpc) is 2.69. The molecule has 28 heavy (non-hydrogen) atoms. The predicted octanol–water partition coefficient (Wildman–Crippen LogP) is 5.79. The Morgan fingerprint density at radius 3 is 2.25 bits per heavy atom. The summed E-state index contributed by atoms with van der Waals surface area (Å²) in [5, 5.41) is 6.73. The molecule has 4 nitrogen and oxygen atoms in total. The zero-order chi connectivity index (χ0) is 19.9. The average molecular weight is 395 g/mol. The molecular formula is C23H26N2O2S. The summed E-state index contributed by atoms with van der Waals surface area (Å²) in [5.74, 6) is 0.294. The summed E-state index contributed by atoms with van der Waals surface area (Å²) in [6.45, 7) is 4.41. The summed E-state index contributed by atoms with van der Waals surface area (Å²) in [7, 11) is 0. The first-order valence-corrected chi connectivity index (χ1v) is 10.0. The second kappa shape index (κ2) is 9.51. The number of thiocarbonyl (C=S) groups is 1. The molecule has 0 unspecified atom stereocenters. The molecule has 146 valence electrons. The van der Waals surface area contributed by atoms with Crippen LogP contribution in [0, 0.1) is 5.92 Å². The van der Waals surface area contributed by atoms with Crippen molar-refractivity contribution in [3.63, 3.8) is 0 Å². The first-order chi connectivity index (χ1) is 13.5. The molecule has 0 fully saturated rings. The van der Waals surface area contributed by atoms with E-state index in [1.165, 1.54) is 5.57 Å². The number of rotatable bonds is 5. The number of allylic oxidation sites excluding steroid dienone is 1. The molecule has 0 amide bonds. The molecule has 5 heteroatoms. The van der Waals surface area contributed by atoms with E-state index in [1.54, 1.807) is 12.1 Å². The second-order valence-electron chi connectivity index (χ2n) is 7.26. The number of para-hydroxylation sites is 1. The number of benzene rings is 2. The van der Waals surface area contributed by atoms with Gasteiger partial charge in [0.15, 0.2) is 5.11 Å². The van der Waals surface area contributed by atoms with Gasteiger partial charge < -0.3 is 15.4 Å². The summed E-state index contributed by atoms with van der Waals surface area (Å²) in [4.78, 5) is 12.4. The highest BCUT2D eigenvalue weighted by molar-refractivity contribution is 7.80. The molecule has 1 aliphatic rings. The van der Waals surface area contributed by atoms with E-state index in [0.717, 1.165) is 30.6 Å². The van der Waals surface area contributed by atoms with Gasteiger partial charge in [0, 0.05) is 17.8 Å². The molecule has 0 bridgehead atoms. The molecule has 0 aliphatic heterocycles. The van der Waals surface area contributed by atoms with E-state index in [0.29, 0.717) is 16.6 Å². The third-order valence-corrected chi connectivity index (χ3v) is 5.03. The number of esters is 1. The lowest BCUT2D eigenvalue weighted by molar-refractivity contribution is 0.0277. The molecule has 0 aromatic heterocycles. The van der Waals surface area contributed by atoms with Crippen LogP contribution < -0.4 is 10.6 Å². The largest absolute Gasteiger partial charge is 0.458 e. The van der Waals surface area contributed by atoms with Crippen molar-refractivity contribution >= 4 is 34.7 Å². The van der Waals surface area contributed by atoms with Gasteiger partial charge in [0.2, 0.25) is 0 Å². The number of anilines is 2. The zero-order valence-electron chi connectivity index (χ0n) is 16.3. The van der Waals surface area contributed by atoms with Gasteiger partial charge >= 0.3 is 5.97 Å². The van der Waals surface area contributed by atoms with Crippen molar-refractivity contribution in [2.45, 2.75) is 39.2 Å². The van der Waals surface area contributed by atoms with Crippen molar-refractivity contribution in [2.24, 2.45) is 5.92 Å². The fraction of sp³-hybridized carbons (Fsp3) is 0.304. The molecule has 1 aliphatic carbocycles. The van der Waals surface area contributed by atoms with Crippen LogP contribution in [0.15, 0.2) is 66.2 Å². The van der Waals surface area contributed by atoms with Crippen LogP contribution >= 0.6 is 12.2 Å². The van der Waals surface area contributed by atoms with Crippen LogP contribution in [-0.4, -0.2) is 17.2 Å². The van der Waals surface area contributed by atoms with Gasteiger partial charge in [-0.25, -0.2) is 4.79 Å². The van der Waals surface area contributed by atoms with Crippen LogP contribution in [0.5, 0.6) is 0 Å². The maximum absolute atomic E-state index is 12.4. The minimum Gasteiger partial charge on any atom is -0.458 e. The van der Waals surface area contributed by atoms with Gasteiger partial charge in [-0.3, -0.25) is 0 Å². The van der Waals surface area contributed by atoms with E-state index in [9.17, 15) is 4.79 Å². The first-order valence-electron chi connectivity index (χ1n) is 9.64. The standard InChI is InChI=1S/C23H26N2O2S/c1-16(2)17-10-14-21(15-11-17)27-22(26)18-8-12-20(13-9-18)25-23(28)24-19-6-4-3-5-7-19/h3-10,12-13,16,21H,11,14-15H2,1-2H3,(H2,24,25,28)/t21-/m1/s1. The smallest absolute Gasteiger partial charge is 0.338 e. The van der Waals surface area contributed by atoms with Crippen molar-refractivity contribution in [1.29, 1.82) is 0 Å². The Kier molecular flexibility index (Phi) is 6.82. The molecule has 1 atom stereocenters. The Balaban J connectivity index is 1.51. The van der Waals surface area contributed by atoms with Gasteiger partial charge in [-0.15, -0.1) is 0 Å². The van der Waals surface area contributed by atoms with E-state index in [1.807, 2.05) is 42.5 Å². The highest BCUT2D eigenvalue weighted by atomic mass is 32.1. The van der Waals surface area contributed by atoms with Crippen LogP contribution in [0.4, 0.5) is 11.4 Å². The Morgan fingerprint density at radius 1 is 1.04 bits per heavy atom. The number of nitrogens with one attached hydrogen (secondary N) is 2. The molecule has 2 aromatic rings. The summed E-state index contributed by atoms with van der Waals surface area (Å²) in [5.41, 5.74) is 3.74. The normalized spacial score (nSPS) is 16.2. The minimum absolute atomic E-state index is 0.0320. The van der Waals surface area contributed by atoms with E-state index < -0.39 is 0 Å². The fourth-order valence-corrected chi connectivity index (χ4v) is 3.42. The van der Waals surface area contributed by atoms with Gasteiger partial charge in [-0.05, 0) is 67.4 Å². The van der Waals surface area contributed by atoms with Crippen molar-refractivity contribution < 1.29 is 9.53 Å². The van der Waals surface area contributed by atoms with Crippen molar-refractivity contribution in [3.05, 3.63) is 71.8 Å². The molecule has 3 rings (SSSR count). The number of hydrogen-bond donors (Lipinski definition) is 2. The Morgan fingerprint density at radius 2 is 1.68 bits per heavy atom. The van der Waals surface area contributed by atoms with Gasteiger partial charge in [-0.2, -0.15) is 0 Å². The molecule has 0 saturated heterocycles. The molecule has 0 saturated carbocycles. The van der Waals surface area contributed by atoms with Crippen LogP contribution in [-0.2, 0) is 4.74 Å². The van der Waals surface area contributed by atoms with E-state index >= 15 is 0 Å². The lowest BCUT2D eigenvalue weighted by Crippen LogP contribution is -2.21. The van der Waals surface area contributed by atoms with E-state index in [2.05, 4.69) is 30.6 Å². The first kappa shape index (κ1) is 20.1. The van der Waals surface area contributed by atoms with Crippen molar-refractivity contribution in [2.75, 3.05) is 10.6 Å². The fourth-order valence-electron chi connectivity index (χ4n) is 3.19. The molecule has 0 heterocycles. The highest BCUT2D eigenvalue weighted by Gasteiger charge is 2.20. The maximum atomic E-state index is 12.4. The zero-order valence-corrected chi connectivity index (χ0v) is 17.1. The minimum atomic E-state index is -0.275. The highest BCUT2D eigenvalue weighted by Crippen LogP contribution is 2.26. The summed E-state index contributed by atoms with van der Waals surface area (Å²) in [6, 6.07) is 16.9. The van der Waals surface area contributed by atoms with Crippen LogP contribution in [0.1, 0.15) is 43.5 Å². The van der Waals surface area contributed by atoms with Crippen molar-refractivity contribution in [1.82, 2.24) is 0 Å². The van der Waals surface area contributed by atoms with E-state index in [-0.39, 0.29) is 12.1 Å². The molecule has 0 spiro atoms. The lowest BCUT2D eigenvalue weighted by atomic mass is 9.90. The Labute approximate surface area is 172 Å². The quantitative estimate of drug-likeness (QED) is 0.382. The van der Waals surface area contributed by atoms with Crippen molar-refractivity contribution in [3.8, 4) is 0 Å². The number of ether oxygens (including phenoxy) is 1. The number of carbonyl (C=O) groups excluding carboxylic acids is 1. The number of carbonyl (C=O) groups is 1. The Bertz CT molecular complexity index is 845. The number of hydrogen-bond acceptors (Lipinski definition) is 3. The van der Waals surface area contributed by atoms with Gasteiger partial charge in [-0.1, -0.05) is 43.7 Å². The SMILES string of the molecule is CC(C)C1=CC[C@@H](OC(=O)c2ccc(NC(=S)Nc3ccccc3)cc2)CC1. The third-order valence-electron chi connectivity index (χ3n) is 4.82. The Hall–Kier alpha value is -2.66. The topological polar surface area (TPSA) is 50.4 Å². The van der Waals surface area contributed by atoms with Crippen LogP contribution in [0.2, 0.25) is 0 Å². The molecule has 2 aromatic carbocycles. The van der Waals surface area contributed by atoms with Crippen LogP contribution in [0.3, 0.4) is 0 Å². The monoisotopic (exact) mass is 394 g/mol. The maximum Gasteiger partial charge on any atom is 0.338 e. The summed E-state index contributed by atoms with van der Waals surface area (Å²) in [6.07, 6.45) is 4.90. The van der Waals surface area contributed by atoms with Crippen LogP contribution in [0.25, 0.3) is 0 Å². The summed E-state index contributed by atoms with van der Waals surface area (Å²) >= 11 is 5.32. The molecule has 2 N–H and O–H groups in total. The predicted molar refractivity (Wildman–Crippen MR) is 119 cm³/mol. The lowest BCUT2D eigenvalue weighted by Gasteiger charge is -2.24. The third kappa shape index (κ3) is 5.67. The second-order valence-corrected chi connectivity index (χ2v) is 7.67. The molecular weight excluding hydrogens is 368 g/mol. The van der Waals surface area contributed by atoms with Gasteiger partial charge in [0.1, 0.15) is 6.10 Å². The molecule has 0 radical (unpaired) electrons. The summed E-state index contributed by atoms with van der Waals surface area (Å²) < 4.78 is 5.66. The van der Waals surface area contributed by atoms with Gasteiger partial charge in [0.25, 0.3) is 0 Å². The van der Waals surface area contributed by atoms with Gasteiger partial charge in [0.05, 0.1) is 5.56 Å².